The molecule has 4 heteroatoms. The van der Waals surface area contributed by atoms with E-state index < -0.39 is 0 Å². The minimum atomic E-state index is -0.241. The highest BCUT2D eigenvalue weighted by Gasteiger charge is 2.21. The summed E-state index contributed by atoms with van der Waals surface area (Å²) in [4.78, 5) is 13.8. The zero-order valence-corrected chi connectivity index (χ0v) is 12.1. The Labute approximate surface area is 106 Å². The third-order valence-corrected chi connectivity index (χ3v) is 2.96. The summed E-state index contributed by atoms with van der Waals surface area (Å²) in [6.07, 6.45) is 1.13. The van der Waals surface area contributed by atoms with Gasteiger partial charge in [0.15, 0.2) is 0 Å². The highest BCUT2D eigenvalue weighted by atomic mass is 16.5. The second-order valence-corrected chi connectivity index (χ2v) is 5.01. The van der Waals surface area contributed by atoms with E-state index in [0.29, 0.717) is 25.1 Å². The molecule has 0 spiro atoms. The summed E-state index contributed by atoms with van der Waals surface area (Å²) in [6.45, 7) is 9.57. The van der Waals surface area contributed by atoms with Crippen molar-refractivity contribution in [2.45, 2.75) is 46.2 Å². The maximum atomic E-state index is 11.6. The number of hydrogen-bond donors (Lipinski definition) is 1. The number of nitrogens with zero attached hydrogens (tertiary/aromatic N) is 1. The lowest BCUT2D eigenvalue weighted by atomic mass is 10.0. The van der Waals surface area contributed by atoms with Crippen LogP contribution >= 0.6 is 0 Å². The average molecular weight is 244 g/mol. The summed E-state index contributed by atoms with van der Waals surface area (Å²) in [6, 6.07) is 0.231. The summed E-state index contributed by atoms with van der Waals surface area (Å²) < 4.78 is 5.03. The van der Waals surface area contributed by atoms with Gasteiger partial charge < -0.3 is 15.0 Å². The Morgan fingerprint density at radius 1 is 1.35 bits per heavy atom. The maximum Gasteiger partial charge on any atom is 0.324 e. The zero-order valence-electron chi connectivity index (χ0n) is 12.1. The molecule has 1 N–H and O–H groups in total. The number of carbonyl (C=O) groups is 1. The molecule has 0 saturated carbocycles. The molecule has 0 rings (SSSR count). The molecule has 0 aliphatic carbocycles. The van der Waals surface area contributed by atoms with Crippen LogP contribution in [0.5, 0.6) is 0 Å². The number of nitrogens with one attached hydrogen (secondary N) is 1. The van der Waals surface area contributed by atoms with E-state index in [4.69, 9.17) is 4.74 Å². The van der Waals surface area contributed by atoms with Gasteiger partial charge in [0.2, 0.25) is 0 Å². The molecule has 2 atom stereocenters. The van der Waals surface area contributed by atoms with E-state index in [9.17, 15) is 4.79 Å². The van der Waals surface area contributed by atoms with Crippen molar-refractivity contribution in [2.24, 2.45) is 5.92 Å². The number of rotatable bonds is 8. The van der Waals surface area contributed by atoms with Gasteiger partial charge in [-0.25, -0.2) is 0 Å². The average Bonchev–Trinajstić information content (AvgIpc) is 2.24. The van der Waals surface area contributed by atoms with Crippen LogP contribution in [0.25, 0.3) is 0 Å². The van der Waals surface area contributed by atoms with E-state index in [-0.39, 0.29) is 12.0 Å². The van der Waals surface area contributed by atoms with Crippen LogP contribution < -0.4 is 5.32 Å². The number of ether oxygens (including phenoxy) is 1. The quantitative estimate of drug-likeness (QED) is 0.657. The first-order chi connectivity index (χ1) is 7.92. The van der Waals surface area contributed by atoms with Gasteiger partial charge in [0.25, 0.3) is 0 Å². The Hall–Kier alpha value is -0.610. The molecule has 4 nitrogen and oxygen atoms in total. The molecule has 0 aromatic rings. The van der Waals surface area contributed by atoms with Crippen LogP contribution in [-0.2, 0) is 9.53 Å². The van der Waals surface area contributed by atoms with Gasteiger partial charge in [-0.15, -0.1) is 0 Å². The topological polar surface area (TPSA) is 41.6 Å². The van der Waals surface area contributed by atoms with Gasteiger partial charge in [-0.2, -0.15) is 0 Å². The van der Waals surface area contributed by atoms with Crippen LogP contribution in [0.15, 0.2) is 0 Å². The van der Waals surface area contributed by atoms with Gasteiger partial charge in [-0.05, 0) is 40.3 Å². The fourth-order valence-corrected chi connectivity index (χ4v) is 1.86. The van der Waals surface area contributed by atoms with Gasteiger partial charge in [-0.3, -0.25) is 4.79 Å². The highest BCUT2D eigenvalue weighted by Crippen LogP contribution is 2.10. The lowest BCUT2D eigenvalue weighted by Crippen LogP contribution is -2.46. The van der Waals surface area contributed by atoms with Gasteiger partial charge >= 0.3 is 5.97 Å². The summed E-state index contributed by atoms with van der Waals surface area (Å²) >= 11 is 0. The molecule has 0 fully saturated rings. The van der Waals surface area contributed by atoms with Crippen molar-refractivity contribution in [1.29, 1.82) is 0 Å². The van der Waals surface area contributed by atoms with Crippen molar-refractivity contribution < 1.29 is 9.53 Å². The predicted molar refractivity (Wildman–Crippen MR) is 71.0 cm³/mol. The number of hydrogen-bond acceptors (Lipinski definition) is 4. The molecule has 0 saturated heterocycles. The molecule has 0 aromatic heterocycles. The Balaban J connectivity index is 4.22. The minimum absolute atomic E-state index is 0.168. The predicted octanol–water partition coefficient (Wildman–Crippen LogP) is 1.50. The lowest BCUT2D eigenvalue weighted by molar-refractivity contribution is -0.146. The molecule has 0 aromatic carbocycles. The number of likely N-dealkylation sites (N-methyl/N-ethyl adjacent to an activating group) is 2. The van der Waals surface area contributed by atoms with Crippen LogP contribution in [-0.4, -0.2) is 50.2 Å². The fourth-order valence-electron chi connectivity index (χ4n) is 1.86. The Morgan fingerprint density at radius 3 is 2.35 bits per heavy atom. The molecule has 0 radical (unpaired) electrons. The van der Waals surface area contributed by atoms with E-state index >= 15 is 0 Å². The molecule has 0 aliphatic rings. The summed E-state index contributed by atoms with van der Waals surface area (Å²) in [7, 11) is 3.85. The van der Waals surface area contributed by atoms with E-state index in [2.05, 4.69) is 38.0 Å². The third kappa shape index (κ3) is 6.64. The molecular formula is C13H28N2O2. The van der Waals surface area contributed by atoms with Crippen LogP contribution in [0.1, 0.15) is 34.1 Å². The summed E-state index contributed by atoms with van der Waals surface area (Å²) in [5.74, 6) is 0.502. The largest absolute Gasteiger partial charge is 0.465 e. The summed E-state index contributed by atoms with van der Waals surface area (Å²) in [5, 5.41) is 3.01. The lowest BCUT2D eigenvalue weighted by Gasteiger charge is -2.29. The standard InChI is InChI=1S/C13H28N2O2/c1-7-17-13(16)12(14-5)9-15(6)11(4)8-10(2)3/h10-12,14H,7-9H2,1-6H3. The van der Waals surface area contributed by atoms with Crippen molar-refractivity contribution in [3.8, 4) is 0 Å². The highest BCUT2D eigenvalue weighted by molar-refractivity contribution is 5.76. The monoisotopic (exact) mass is 244 g/mol. The summed E-state index contributed by atoms with van der Waals surface area (Å²) in [5.41, 5.74) is 0. The first kappa shape index (κ1) is 16.4. The first-order valence-corrected chi connectivity index (χ1v) is 6.46. The van der Waals surface area contributed by atoms with Gasteiger partial charge in [-0.1, -0.05) is 13.8 Å². The minimum Gasteiger partial charge on any atom is -0.465 e. The SMILES string of the molecule is CCOC(=O)C(CN(C)C(C)CC(C)C)NC. The molecule has 0 amide bonds. The van der Waals surface area contributed by atoms with Gasteiger partial charge in [0, 0.05) is 12.6 Å². The zero-order chi connectivity index (χ0) is 13.4. The van der Waals surface area contributed by atoms with E-state index in [1.807, 2.05) is 6.92 Å². The Morgan fingerprint density at radius 2 is 1.94 bits per heavy atom. The van der Waals surface area contributed by atoms with Crippen LogP contribution in [0, 0.1) is 5.92 Å². The molecule has 102 valence electrons. The van der Waals surface area contributed by atoms with Crippen molar-refractivity contribution in [3.05, 3.63) is 0 Å². The van der Waals surface area contributed by atoms with Crippen molar-refractivity contribution in [1.82, 2.24) is 10.2 Å². The fraction of sp³-hybridized carbons (Fsp3) is 0.923. The van der Waals surface area contributed by atoms with Crippen molar-refractivity contribution in [3.63, 3.8) is 0 Å². The molecular weight excluding hydrogens is 216 g/mol. The Kier molecular flexibility index (Phi) is 8.17. The first-order valence-electron chi connectivity index (χ1n) is 6.46. The van der Waals surface area contributed by atoms with Crippen LogP contribution in [0.4, 0.5) is 0 Å². The smallest absolute Gasteiger partial charge is 0.324 e. The number of esters is 1. The van der Waals surface area contributed by atoms with E-state index in [0.717, 1.165) is 6.42 Å². The molecule has 17 heavy (non-hydrogen) atoms. The molecule has 2 unspecified atom stereocenters. The van der Waals surface area contributed by atoms with Crippen LogP contribution in [0.2, 0.25) is 0 Å². The molecule has 0 heterocycles. The van der Waals surface area contributed by atoms with Crippen molar-refractivity contribution >= 4 is 5.97 Å². The van der Waals surface area contributed by atoms with Crippen LogP contribution in [0.3, 0.4) is 0 Å². The maximum absolute atomic E-state index is 11.6. The van der Waals surface area contributed by atoms with Gasteiger partial charge in [0.05, 0.1) is 6.61 Å². The van der Waals surface area contributed by atoms with Gasteiger partial charge in [0.1, 0.15) is 6.04 Å². The third-order valence-electron chi connectivity index (χ3n) is 2.96. The van der Waals surface area contributed by atoms with E-state index in [1.54, 1.807) is 7.05 Å². The Bertz CT molecular complexity index is 219. The number of carbonyl (C=O) groups excluding carboxylic acids is 1. The second kappa shape index (κ2) is 8.48. The molecule has 0 bridgehead atoms. The van der Waals surface area contributed by atoms with Crippen molar-refractivity contribution in [2.75, 3.05) is 27.2 Å². The second-order valence-electron chi connectivity index (χ2n) is 5.01. The van der Waals surface area contributed by atoms with E-state index in [1.165, 1.54) is 0 Å². The normalized spacial score (nSPS) is 15.1. The molecule has 0 aliphatic heterocycles.